The molecule has 2 N–H and O–H groups in total. The number of aromatic hydroxyl groups is 1. The van der Waals surface area contributed by atoms with Gasteiger partial charge < -0.3 is 9.84 Å². The number of ether oxygens (including phenoxy) is 1. The van der Waals surface area contributed by atoms with Crippen LogP contribution in [0.5, 0.6) is 11.5 Å². The van der Waals surface area contributed by atoms with Gasteiger partial charge in [0.25, 0.3) is 10.0 Å². The van der Waals surface area contributed by atoms with Gasteiger partial charge in [0.15, 0.2) is 5.75 Å². The molecule has 5 nitrogen and oxygen atoms in total. The number of sulfonamides is 1. The van der Waals surface area contributed by atoms with Gasteiger partial charge in [-0.05, 0) is 47.3 Å². The Labute approximate surface area is 164 Å². The van der Waals surface area contributed by atoms with Gasteiger partial charge in [-0.25, -0.2) is 8.42 Å². The summed E-state index contributed by atoms with van der Waals surface area (Å²) >= 11 is 13.2. The molecule has 3 rings (SSSR count). The van der Waals surface area contributed by atoms with E-state index in [2.05, 4.69) is 4.72 Å². The van der Waals surface area contributed by atoms with E-state index in [0.717, 1.165) is 16.5 Å². The molecule has 0 radical (unpaired) electrons. The SMILES string of the molecule is COc1ccc(-c2cccs2)cc1NS(=O)(=O)c1cc(Cl)cc(Cl)c1O. The molecule has 0 atom stereocenters. The van der Waals surface area contributed by atoms with Crippen LogP contribution in [0.4, 0.5) is 5.69 Å². The highest BCUT2D eigenvalue weighted by Crippen LogP contribution is 2.37. The number of hydrogen-bond acceptors (Lipinski definition) is 5. The summed E-state index contributed by atoms with van der Waals surface area (Å²) in [6, 6.07) is 11.4. The molecule has 26 heavy (non-hydrogen) atoms. The monoisotopic (exact) mass is 429 g/mol. The normalized spacial score (nSPS) is 11.3. The average Bonchev–Trinajstić information content (AvgIpc) is 3.12. The van der Waals surface area contributed by atoms with Crippen LogP contribution < -0.4 is 9.46 Å². The molecule has 0 saturated heterocycles. The fourth-order valence-electron chi connectivity index (χ4n) is 2.33. The lowest BCUT2D eigenvalue weighted by atomic mass is 10.1. The van der Waals surface area contributed by atoms with Gasteiger partial charge in [0.2, 0.25) is 0 Å². The molecule has 0 saturated carbocycles. The first-order valence-electron chi connectivity index (χ1n) is 7.24. The minimum atomic E-state index is -4.15. The lowest BCUT2D eigenvalue weighted by molar-refractivity contribution is 0.417. The zero-order valence-electron chi connectivity index (χ0n) is 13.4. The van der Waals surface area contributed by atoms with Gasteiger partial charge in [0.05, 0.1) is 17.8 Å². The maximum atomic E-state index is 12.8. The zero-order valence-corrected chi connectivity index (χ0v) is 16.5. The smallest absolute Gasteiger partial charge is 0.265 e. The third-order valence-electron chi connectivity index (χ3n) is 3.53. The van der Waals surface area contributed by atoms with Crippen molar-refractivity contribution in [2.75, 3.05) is 11.8 Å². The summed E-state index contributed by atoms with van der Waals surface area (Å²) in [7, 11) is -2.72. The van der Waals surface area contributed by atoms with Crippen molar-refractivity contribution in [1.29, 1.82) is 0 Å². The Morgan fingerprint density at radius 2 is 1.92 bits per heavy atom. The molecule has 1 aromatic heterocycles. The van der Waals surface area contributed by atoms with Crippen LogP contribution in [0.15, 0.2) is 52.7 Å². The molecular formula is C17H13Cl2NO4S2. The Morgan fingerprint density at radius 3 is 2.58 bits per heavy atom. The van der Waals surface area contributed by atoms with E-state index < -0.39 is 20.7 Å². The molecule has 0 bridgehead atoms. The van der Waals surface area contributed by atoms with E-state index in [9.17, 15) is 13.5 Å². The summed E-state index contributed by atoms with van der Waals surface area (Å²) in [5, 5.41) is 11.9. The highest BCUT2D eigenvalue weighted by molar-refractivity contribution is 7.92. The fourth-order valence-corrected chi connectivity index (χ4v) is 4.87. The molecule has 0 aliphatic heterocycles. The second-order valence-corrected chi connectivity index (χ2v) is 8.67. The molecule has 0 aliphatic rings. The highest BCUT2D eigenvalue weighted by Gasteiger charge is 2.23. The molecule has 2 aromatic carbocycles. The molecule has 136 valence electrons. The van der Waals surface area contributed by atoms with Crippen molar-refractivity contribution in [1.82, 2.24) is 0 Å². The first-order chi connectivity index (χ1) is 12.3. The summed E-state index contributed by atoms with van der Waals surface area (Å²) in [6.07, 6.45) is 0. The van der Waals surface area contributed by atoms with Crippen LogP contribution >= 0.6 is 34.5 Å². The largest absolute Gasteiger partial charge is 0.505 e. The lowest BCUT2D eigenvalue weighted by Gasteiger charge is -2.14. The predicted molar refractivity (Wildman–Crippen MR) is 105 cm³/mol. The molecule has 0 aliphatic carbocycles. The Balaban J connectivity index is 2.06. The number of benzene rings is 2. The topological polar surface area (TPSA) is 75.6 Å². The number of methoxy groups -OCH3 is 1. The minimum Gasteiger partial charge on any atom is -0.505 e. The van der Waals surface area contributed by atoms with Crippen LogP contribution in [0, 0.1) is 0 Å². The van der Waals surface area contributed by atoms with Crippen molar-refractivity contribution >= 4 is 50.2 Å². The fraction of sp³-hybridized carbons (Fsp3) is 0.0588. The van der Waals surface area contributed by atoms with E-state index in [1.54, 1.807) is 12.1 Å². The second kappa shape index (κ2) is 7.36. The van der Waals surface area contributed by atoms with E-state index in [0.29, 0.717) is 5.75 Å². The first-order valence-corrected chi connectivity index (χ1v) is 10.4. The molecule has 0 spiro atoms. The minimum absolute atomic E-state index is 0.0903. The van der Waals surface area contributed by atoms with Crippen LogP contribution in [0.3, 0.4) is 0 Å². The third kappa shape index (κ3) is 3.76. The summed E-state index contributed by atoms with van der Waals surface area (Å²) < 4.78 is 33.2. The quantitative estimate of drug-likeness (QED) is 0.581. The number of rotatable bonds is 5. The van der Waals surface area contributed by atoms with E-state index in [1.165, 1.54) is 24.5 Å². The summed E-state index contributed by atoms with van der Waals surface area (Å²) in [4.78, 5) is 0.556. The average molecular weight is 430 g/mol. The van der Waals surface area contributed by atoms with Gasteiger partial charge in [0.1, 0.15) is 10.6 Å². The van der Waals surface area contributed by atoms with Crippen molar-refractivity contribution in [2.24, 2.45) is 0 Å². The molecule has 9 heteroatoms. The van der Waals surface area contributed by atoms with Crippen molar-refractivity contribution in [3.63, 3.8) is 0 Å². The van der Waals surface area contributed by atoms with Gasteiger partial charge in [-0.1, -0.05) is 29.3 Å². The molecule has 0 unspecified atom stereocenters. The van der Waals surface area contributed by atoms with Crippen molar-refractivity contribution in [3.8, 4) is 21.9 Å². The first kappa shape index (κ1) is 18.8. The number of halogens is 2. The number of thiophene rings is 1. The number of nitrogens with one attached hydrogen (secondary N) is 1. The third-order valence-corrected chi connectivity index (χ3v) is 6.34. The van der Waals surface area contributed by atoms with Gasteiger partial charge in [-0.2, -0.15) is 0 Å². The summed E-state index contributed by atoms with van der Waals surface area (Å²) in [5.41, 5.74) is 1.06. The van der Waals surface area contributed by atoms with Crippen LogP contribution in [0.2, 0.25) is 10.0 Å². The second-order valence-electron chi connectivity index (χ2n) is 5.23. The van der Waals surface area contributed by atoms with Crippen LogP contribution in [-0.2, 0) is 10.0 Å². The van der Waals surface area contributed by atoms with Crippen LogP contribution in [0.1, 0.15) is 0 Å². The summed E-state index contributed by atoms with van der Waals surface area (Å²) in [5.74, 6) is -0.238. The van der Waals surface area contributed by atoms with Gasteiger partial charge in [-0.3, -0.25) is 4.72 Å². The molecule has 0 amide bonds. The number of hydrogen-bond donors (Lipinski definition) is 2. The van der Waals surface area contributed by atoms with E-state index in [-0.39, 0.29) is 15.7 Å². The van der Waals surface area contributed by atoms with E-state index in [1.807, 2.05) is 23.6 Å². The predicted octanol–water partition coefficient (Wildman–Crippen LogP) is 5.24. The maximum Gasteiger partial charge on any atom is 0.265 e. The Morgan fingerprint density at radius 1 is 1.15 bits per heavy atom. The van der Waals surface area contributed by atoms with Gasteiger partial charge in [-0.15, -0.1) is 11.3 Å². The van der Waals surface area contributed by atoms with Crippen LogP contribution in [-0.4, -0.2) is 20.6 Å². The number of anilines is 1. The number of phenolic OH excluding ortho intramolecular Hbond substituents is 1. The molecule has 0 fully saturated rings. The molecule has 1 heterocycles. The maximum absolute atomic E-state index is 12.8. The van der Waals surface area contributed by atoms with Crippen molar-refractivity contribution in [2.45, 2.75) is 4.90 Å². The molecule has 3 aromatic rings. The Kier molecular flexibility index (Phi) is 5.34. The zero-order chi connectivity index (χ0) is 18.9. The highest BCUT2D eigenvalue weighted by atomic mass is 35.5. The van der Waals surface area contributed by atoms with Crippen LogP contribution in [0.25, 0.3) is 10.4 Å². The van der Waals surface area contributed by atoms with Crippen molar-refractivity contribution < 1.29 is 18.3 Å². The van der Waals surface area contributed by atoms with Gasteiger partial charge in [0, 0.05) is 9.90 Å². The Bertz CT molecular complexity index is 1050. The van der Waals surface area contributed by atoms with Gasteiger partial charge >= 0.3 is 0 Å². The summed E-state index contributed by atoms with van der Waals surface area (Å²) in [6.45, 7) is 0. The Hall–Kier alpha value is -1.93. The van der Waals surface area contributed by atoms with Crippen molar-refractivity contribution in [3.05, 3.63) is 57.9 Å². The lowest BCUT2D eigenvalue weighted by Crippen LogP contribution is -2.14. The van der Waals surface area contributed by atoms with E-state index >= 15 is 0 Å². The standard InChI is InChI=1S/C17H13Cl2NO4S2/c1-24-14-5-4-10(15-3-2-6-25-15)7-13(14)20-26(22,23)16-9-11(18)8-12(19)17(16)21/h2-9,20-21H,1H3. The van der Waals surface area contributed by atoms with E-state index in [4.69, 9.17) is 27.9 Å². The number of phenols is 1. The molecular weight excluding hydrogens is 417 g/mol.